The van der Waals surface area contributed by atoms with Crippen molar-refractivity contribution in [3.63, 3.8) is 0 Å². The van der Waals surface area contributed by atoms with Gasteiger partial charge in [-0.25, -0.2) is 4.98 Å². The van der Waals surface area contributed by atoms with Gasteiger partial charge in [0.25, 0.3) is 10.2 Å². The Morgan fingerprint density at radius 3 is 2.72 bits per heavy atom. The van der Waals surface area contributed by atoms with Crippen molar-refractivity contribution in [1.29, 1.82) is 0 Å². The molecule has 1 N–H and O–H groups in total. The van der Waals surface area contributed by atoms with Crippen molar-refractivity contribution in [1.82, 2.24) is 18.9 Å². The maximum Gasteiger partial charge on any atom is 0.282 e. The van der Waals surface area contributed by atoms with Crippen LogP contribution in [0.2, 0.25) is 0 Å². The Bertz CT molecular complexity index is 494. The minimum atomic E-state index is -3.36. The summed E-state index contributed by atoms with van der Waals surface area (Å²) in [7, 11) is -1.76. The zero-order valence-corrected chi connectivity index (χ0v) is 12.2. The summed E-state index contributed by atoms with van der Waals surface area (Å²) in [5.41, 5.74) is 0.804. The molecule has 0 atom stereocenters. The fraction of sp³-hybridized carbons (Fsp3) is 0.700. The number of hydrogen-bond acceptors (Lipinski definition) is 5. The van der Waals surface area contributed by atoms with Gasteiger partial charge in [-0.15, -0.1) is 11.3 Å². The fourth-order valence-electron chi connectivity index (χ4n) is 1.86. The maximum absolute atomic E-state index is 12.3. The van der Waals surface area contributed by atoms with E-state index in [1.165, 1.54) is 19.9 Å². The number of rotatable bonds is 4. The lowest BCUT2D eigenvalue weighted by Crippen LogP contribution is -2.50. The monoisotopic (exact) mass is 290 g/mol. The number of nitrogens with zero attached hydrogens (tertiary/aromatic N) is 3. The van der Waals surface area contributed by atoms with Crippen molar-refractivity contribution in [3.8, 4) is 0 Å². The Labute approximate surface area is 112 Å². The van der Waals surface area contributed by atoms with Gasteiger partial charge in [-0.2, -0.15) is 17.0 Å². The Kier molecular flexibility index (Phi) is 4.33. The molecule has 1 fully saturated rings. The first-order valence-corrected chi connectivity index (χ1v) is 8.11. The van der Waals surface area contributed by atoms with Crippen LogP contribution in [0.25, 0.3) is 0 Å². The van der Waals surface area contributed by atoms with E-state index in [4.69, 9.17) is 0 Å². The Hall–Kier alpha value is -0.540. The third kappa shape index (κ3) is 3.07. The lowest BCUT2D eigenvalue weighted by Gasteiger charge is -2.30. The van der Waals surface area contributed by atoms with Gasteiger partial charge < -0.3 is 5.32 Å². The van der Waals surface area contributed by atoms with Gasteiger partial charge in [-0.3, -0.25) is 0 Å². The SMILES string of the molecule is Cc1nc(CN(C)S(=O)(=O)N2CCNCC2)cs1. The molecule has 0 aliphatic carbocycles. The van der Waals surface area contributed by atoms with Crippen LogP contribution in [0.5, 0.6) is 0 Å². The number of hydrogen-bond donors (Lipinski definition) is 1. The molecule has 0 radical (unpaired) electrons. The number of aryl methyl sites for hydroxylation is 1. The van der Waals surface area contributed by atoms with E-state index < -0.39 is 10.2 Å². The molecule has 1 aromatic heterocycles. The second kappa shape index (κ2) is 5.62. The van der Waals surface area contributed by atoms with Gasteiger partial charge in [-0.05, 0) is 6.92 Å². The average Bonchev–Trinajstić information content (AvgIpc) is 2.76. The molecular formula is C10H18N4O2S2. The topological polar surface area (TPSA) is 65.5 Å². The molecule has 0 unspecified atom stereocenters. The van der Waals surface area contributed by atoms with E-state index in [-0.39, 0.29) is 0 Å². The molecule has 0 spiro atoms. The van der Waals surface area contributed by atoms with E-state index in [2.05, 4.69) is 10.3 Å². The molecule has 0 amide bonds. The summed E-state index contributed by atoms with van der Waals surface area (Å²) in [6, 6.07) is 0. The molecule has 0 saturated carbocycles. The summed E-state index contributed by atoms with van der Waals surface area (Å²) >= 11 is 1.54. The van der Waals surface area contributed by atoms with Crippen LogP contribution in [0.4, 0.5) is 0 Å². The molecule has 102 valence electrons. The number of aromatic nitrogens is 1. The molecule has 1 saturated heterocycles. The molecule has 1 aliphatic heterocycles. The highest BCUT2D eigenvalue weighted by Crippen LogP contribution is 2.14. The standard InChI is InChI=1S/C10H18N4O2S2/c1-9-12-10(8-17-9)7-13(2)18(15,16)14-5-3-11-4-6-14/h8,11H,3-7H2,1-2H3. The van der Waals surface area contributed by atoms with E-state index in [1.807, 2.05) is 12.3 Å². The smallest absolute Gasteiger partial charge is 0.282 e. The van der Waals surface area contributed by atoms with Gasteiger partial charge in [0.15, 0.2) is 0 Å². The van der Waals surface area contributed by atoms with Crippen LogP contribution >= 0.6 is 11.3 Å². The lowest BCUT2D eigenvalue weighted by molar-refractivity contribution is 0.323. The van der Waals surface area contributed by atoms with E-state index in [0.29, 0.717) is 32.7 Å². The molecule has 2 rings (SSSR count). The Morgan fingerprint density at radius 1 is 1.50 bits per heavy atom. The summed E-state index contributed by atoms with van der Waals surface area (Å²) < 4.78 is 27.5. The van der Waals surface area contributed by atoms with Crippen molar-refractivity contribution >= 4 is 21.5 Å². The largest absolute Gasteiger partial charge is 0.314 e. The minimum absolute atomic E-state index is 0.330. The molecule has 0 aromatic carbocycles. The van der Waals surface area contributed by atoms with E-state index >= 15 is 0 Å². The minimum Gasteiger partial charge on any atom is -0.314 e. The molecule has 1 aromatic rings. The number of piperazine rings is 1. The van der Waals surface area contributed by atoms with Crippen molar-refractivity contribution < 1.29 is 8.42 Å². The van der Waals surface area contributed by atoms with E-state index in [9.17, 15) is 8.42 Å². The lowest BCUT2D eigenvalue weighted by atomic mass is 10.4. The molecule has 0 bridgehead atoms. The third-order valence-corrected chi connectivity index (χ3v) is 5.60. The number of thiazole rings is 1. The highest BCUT2D eigenvalue weighted by atomic mass is 32.2. The first kappa shape index (κ1) is 13.9. The molecule has 8 heteroatoms. The predicted molar refractivity (Wildman–Crippen MR) is 71.7 cm³/mol. The van der Waals surface area contributed by atoms with Gasteiger partial charge in [-0.1, -0.05) is 0 Å². The van der Waals surface area contributed by atoms with Gasteiger partial charge >= 0.3 is 0 Å². The van der Waals surface area contributed by atoms with Crippen LogP contribution in [-0.2, 0) is 16.8 Å². The summed E-state index contributed by atoms with van der Waals surface area (Å²) in [5, 5.41) is 6.00. The van der Waals surface area contributed by atoms with Crippen LogP contribution in [0.1, 0.15) is 10.7 Å². The van der Waals surface area contributed by atoms with Crippen LogP contribution < -0.4 is 5.32 Å². The first-order valence-electron chi connectivity index (χ1n) is 5.83. The van der Waals surface area contributed by atoms with Gasteiger partial charge in [0.2, 0.25) is 0 Å². The summed E-state index contributed by atoms with van der Waals surface area (Å²) in [5.74, 6) is 0. The van der Waals surface area contributed by atoms with Crippen LogP contribution in [-0.4, -0.2) is 55.2 Å². The van der Waals surface area contributed by atoms with Crippen molar-refractivity contribution in [2.75, 3.05) is 33.2 Å². The quantitative estimate of drug-likeness (QED) is 0.850. The van der Waals surface area contributed by atoms with Gasteiger partial charge in [0, 0.05) is 38.6 Å². The maximum atomic E-state index is 12.3. The molecule has 1 aliphatic rings. The van der Waals surface area contributed by atoms with E-state index in [0.717, 1.165) is 10.7 Å². The van der Waals surface area contributed by atoms with Crippen LogP contribution in [0, 0.1) is 6.92 Å². The summed E-state index contributed by atoms with van der Waals surface area (Å²) in [6.07, 6.45) is 0. The molecular weight excluding hydrogens is 272 g/mol. The fourth-order valence-corrected chi connectivity index (χ4v) is 3.80. The predicted octanol–water partition coefficient (Wildman–Crippen LogP) is 0.0333. The highest BCUT2D eigenvalue weighted by Gasteiger charge is 2.28. The van der Waals surface area contributed by atoms with Crippen LogP contribution in [0.15, 0.2) is 5.38 Å². The van der Waals surface area contributed by atoms with Crippen molar-refractivity contribution in [3.05, 3.63) is 16.1 Å². The zero-order valence-electron chi connectivity index (χ0n) is 10.6. The van der Waals surface area contributed by atoms with Gasteiger partial charge in [0.1, 0.15) is 0 Å². The highest BCUT2D eigenvalue weighted by molar-refractivity contribution is 7.86. The van der Waals surface area contributed by atoms with E-state index in [1.54, 1.807) is 7.05 Å². The van der Waals surface area contributed by atoms with Crippen molar-refractivity contribution in [2.24, 2.45) is 0 Å². The molecule has 18 heavy (non-hydrogen) atoms. The Morgan fingerprint density at radius 2 is 2.17 bits per heavy atom. The second-order valence-corrected chi connectivity index (χ2v) is 7.37. The molecule has 2 heterocycles. The normalized spacial score (nSPS) is 18.4. The van der Waals surface area contributed by atoms with Crippen molar-refractivity contribution in [2.45, 2.75) is 13.5 Å². The summed E-state index contributed by atoms with van der Waals surface area (Å²) in [6.45, 7) is 4.73. The molecule has 6 nitrogen and oxygen atoms in total. The third-order valence-electron chi connectivity index (χ3n) is 2.85. The van der Waals surface area contributed by atoms with Gasteiger partial charge in [0.05, 0.1) is 17.2 Å². The van der Waals surface area contributed by atoms with Crippen LogP contribution in [0.3, 0.4) is 0 Å². The average molecular weight is 290 g/mol. The second-order valence-electron chi connectivity index (χ2n) is 4.27. The Balaban J connectivity index is 2.04. The zero-order chi connectivity index (χ0) is 13.2. The number of nitrogens with one attached hydrogen (secondary N) is 1. The summed E-state index contributed by atoms with van der Waals surface area (Å²) in [4.78, 5) is 4.29. The first-order chi connectivity index (χ1) is 8.50.